The topological polar surface area (TPSA) is 49.0 Å². The zero-order chi connectivity index (χ0) is 10.8. The van der Waals surface area contributed by atoms with Crippen LogP contribution in [-0.2, 0) is 0 Å². The first-order valence-corrected chi connectivity index (χ1v) is 5.41. The second-order valence-electron chi connectivity index (χ2n) is 4.35. The standard InChI is InChI=1S/C11H17N3O/c1-8-7-10(15)13-11(12-8)9-3-5-14(2)6-4-9/h7,9H,3-6H2,1-2H3,(H,12,13,15). The quantitative estimate of drug-likeness (QED) is 0.744. The van der Waals surface area contributed by atoms with Crippen LogP contribution in [0.25, 0.3) is 0 Å². The lowest BCUT2D eigenvalue weighted by Crippen LogP contribution is -2.30. The van der Waals surface area contributed by atoms with Crippen molar-refractivity contribution in [3.63, 3.8) is 0 Å². The third-order valence-corrected chi connectivity index (χ3v) is 2.99. The molecule has 4 nitrogen and oxygen atoms in total. The normalized spacial score (nSPS) is 19.3. The van der Waals surface area contributed by atoms with Crippen molar-refractivity contribution in [1.29, 1.82) is 0 Å². The van der Waals surface area contributed by atoms with Gasteiger partial charge in [0.05, 0.1) is 0 Å². The molecule has 0 aromatic carbocycles. The van der Waals surface area contributed by atoms with Crippen molar-refractivity contribution in [1.82, 2.24) is 14.9 Å². The van der Waals surface area contributed by atoms with Crippen molar-refractivity contribution < 1.29 is 0 Å². The van der Waals surface area contributed by atoms with E-state index in [2.05, 4.69) is 21.9 Å². The van der Waals surface area contributed by atoms with E-state index in [4.69, 9.17) is 0 Å². The monoisotopic (exact) mass is 207 g/mol. The molecule has 0 radical (unpaired) electrons. The SMILES string of the molecule is Cc1cc(=O)[nH]c(C2CCN(C)CC2)n1. The molecule has 1 aromatic rings. The van der Waals surface area contributed by atoms with Crippen molar-refractivity contribution in [3.8, 4) is 0 Å². The van der Waals surface area contributed by atoms with Gasteiger partial charge in [0.25, 0.3) is 5.56 Å². The summed E-state index contributed by atoms with van der Waals surface area (Å²) < 4.78 is 0. The molecule has 1 aliphatic rings. The number of likely N-dealkylation sites (tertiary alicyclic amines) is 1. The van der Waals surface area contributed by atoms with Gasteiger partial charge in [-0.25, -0.2) is 4.98 Å². The molecule has 0 amide bonds. The average molecular weight is 207 g/mol. The van der Waals surface area contributed by atoms with Gasteiger partial charge in [0, 0.05) is 17.7 Å². The van der Waals surface area contributed by atoms with Crippen LogP contribution in [0.1, 0.15) is 30.3 Å². The zero-order valence-electron chi connectivity index (χ0n) is 9.29. The average Bonchev–Trinajstić information content (AvgIpc) is 2.17. The van der Waals surface area contributed by atoms with Gasteiger partial charge < -0.3 is 9.88 Å². The van der Waals surface area contributed by atoms with E-state index in [1.54, 1.807) is 6.07 Å². The van der Waals surface area contributed by atoms with E-state index in [-0.39, 0.29) is 5.56 Å². The number of hydrogen-bond donors (Lipinski definition) is 1. The zero-order valence-corrected chi connectivity index (χ0v) is 9.29. The van der Waals surface area contributed by atoms with E-state index in [1.165, 1.54) is 0 Å². The smallest absolute Gasteiger partial charge is 0.251 e. The highest BCUT2D eigenvalue weighted by molar-refractivity contribution is 5.05. The summed E-state index contributed by atoms with van der Waals surface area (Å²) in [6, 6.07) is 1.54. The Bertz CT molecular complexity index is 391. The van der Waals surface area contributed by atoms with Crippen LogP contribution in [-0.4, -0.2) is 35.0 Å². The minimum atomic E-state index is -0.0311. The molecule has 0 bridgehead atoms. The summed E-state index contributed by atoms with van der Waals surface area (Å²) in [4.78, 5) is 20.9. The molecule has 82 valence electrons. The fourth-order valence-corrected chi connectivity index (χ4v) is 2.08. The van der Waals surface area contributed by atoms with Gasteiger partial charge in [-0.2, -0.15) is 0 Å². The van der Waals surface area contributed by atoms with Crippen LogP contribution in [0.2, 0.25) is 0 Å². The molecule has 0 saturated carbocycles. The molecular formula is C11H17N3O. The number of nitrogens with one attached hydrogen (secondary N) is 1. The Balaban J connectivity index is 2.19. The molecule has 0 unspecified atom stereocenters. The van der Waals surface area contributed by atoms with Gasteiger partial charge in [-0.1, -0.05) is 0 Å². The van der Waals surface area contributed by atoms with Crippen molar-refractivity contribution in [2.75, 3.05) is 20.1 Å². The lowest BCUT2D eigenvalue weighted by molar-refractivity contribution is 0.251. The minimum absolute atomic E-state index is 0.0311. The Morgan fingerprint density at radius 2 is 2.13 bits per heavy atom. The Kier molecular flexibility index (Phi) is 2.86. The van der Waals surface area contributed by atoms with Crippen LogP contribution >= 0.6 is 0 Å². The number of aryl methyl sites for hydroxylation is 1. The van der Waals surface area contributed by atoms with Gasteiger partial charge in [0.1, 0.15) is 5.82 Å². The number of hydrogen-bond acceptors (Lipinski definition) is 3. The molecule has 1 saturated heterocycles. The van der Waals surface area contributed by atoms with E-state index in [0.717, 1.165) is 37.4 Å². The summed E-state index contributed by atoms with van der Waals surface area (Å²) in [5, 5.41) is 0. The molecule has 0 atom stereocenters. The molecule has 0 aliphatic carbocycles. The predicted molar refractivity (Wildman–Crippen MR) is 59.1 cm³/mol. The van der Waals surface area contributed by atoms with Crippen molar-refractivity contribution >= 4 is 0 Å². The van der Waals surface area contributed by atoms with Crippen LogP contribution in [0.5, 0.6) is 0 Å². The fraction of sp³-hybridized carbons (Fsp3) is 0.636. The van der Waals surface area contributed by atoms with Crippen LogP contribution in [0.3, 0.4) is 0 Å². The Hall–Kier alpha value is -1.16. The second kappa shape index (κ2) is 4.14. The molecular weight excluding hydrogens is 190 g/mol. The Labute approximate surface area is 89.3 Å². The summed E-state index contributed by atoms with van der Waals surface area (Å²) in [5.74, 6) is 1.29. The number of H-pyrrole nitrogens is 1. The summed E-state index contributed by atoms with van der Waals surface area (Å²) in [7, 11) is 2.13. The predicted octanol–water partition coefficient (Wildman–Crippen LogP) is 0.888. The van der Waals surface area contributed by atoms with Crippen molar-refractivity contribution in [2.24, 2.45) is 0 Å². The maximum Gasteiger partial charge on any atom is 0.251 e. The molecule has 1 N–H and O–H groups in total. The molecule has 2 rings (SSSR count). The van der Waals surface area contributed by atoms with Gasteiger partial charge in [0.2, 0.25) is 0 Å². The van der Waals surface area contributed by atoms with E-state index in [0.29, 0.717) is 5.92 Å². The van der Waals surface area contributed by atoms with E-state index >= 15 is 0 Å². The molecule has 4 heteroatoms. The first-order valence-electron chi connectivity index (χ1n) is 5.41. The summed E-state index contributed by atoms with van der Waals surface area (Å²) >= 11 is 0. The molecule has 1 aromatic heterocycles. The molecule has 0 spiro atoms. The van der Waals surface area contributed by atoms with Gasteiger partial charge in [-0.3, -0.25) is 4.79 Å². The summed E-state index contributed by atoms with van der Waals surface area (Å²) in [6.07, 6.45) is 2.17. The Morgan fingerprint density at radius 1 is 1.47 bits per heavy atom. The van der Waals surface area contributed by atoms with E-state index < -0.39 is 0 Å². The summed E-state index contributed by atoms with van der Waals surface area (Å²) in [6.45, 7) is 4.04. The van der Waals surface area contributed by atoms with Crippen molar-refractivity contribution in [3.05, 3.63) is 27.9 Å². The lowest BCUT2D eigenvalue weighted by Gasteiger charge is -2.28. The van der Waals surface area contributed by atoms with Crippen LogP contribution in [0.4, 0.5) is 0 Å². The van der Waals surface area contributed by atoms with Gasteiger partial charge >= 0.3 is 0 Å². The van der Waals surface area contributed by atoms with Crippen LogP contribution < -0.4 is 5.56 Å². The number of nitrogens with zero attached hydrogens (tertiary/aromatic N) is 2. The van der Waals surface area contributed by atoms with Gasteiger partial charge in [0.15, 0.2) is 0 Å². The maximum absolute atomic E-state index is 11.3. The van der Waals surface area contributed by atoms with Crippen LogP contribution in [0.15, 0.2) is 10.9 Å². The number of piperidine rings is 1. The van der Waals surface area contributed by atoms with Gasteiger partial charge in [-0.05, 0) is 39.9 Å². The largest absolute Gasteiger partial charge is 0.310 e. The first kappa shape index (κ1) is 10.4. The number of rotatable bonds is 1. The van der Waals surface area contributed by atoms with Crippen LogP contribution in [0, 0.1) is 6.92 Å². The summed E-state index contributed by atoms with van der Waals surface area (Å²) in [5.41, 5.74) is 0.782. The molecule has 2 heterocycles. The highest BCUT2D eigenvalue weighted by Gasteiger charge is 2.20. The van der Waals surface area contributed by atoms with Gasteiger partial charge in [-0.15, -0.1) is 0 Å². The number of aromatic nitrogens is 2. The molecule has 1 aliphatic heterocycles. The van der Waals surface area contributed by atoms with E-state index in [1.807, 2.05) is 6.92 Å². The molecule has 15 heavy (non-hydrogen) atoms. The first-order chi connectivity index (χ1) is 7.15. The van der Waals surface area contributed by atoms with E-state index in [9.17, 15) is 4.79 Å². The highest BCUT2D eigenvalue weighted by atomic mass is 16.1. The van der Waals surface area contributed by atoms with Crippen molar-refractivity contribution in [2.45, 2.75) is 25.7 Å². The highest BCUT2D eigenvalue weighted by Crippen LogP contribution is 2.23. The molecule has 1 fully saturated rings. The third-order valence-electron chi connectivity index (χ3n) is 2.99. The minimum Gasteiger partial charge on any atom is -0.310 e. The number of aromatic amines is 1. The third kappa shape index (κ3) is 2.45. The fourth-order valence-electron chi connectivity index (χ4n) is 2.08. The lowest BCUT2D eigenvalue weighted by atomic mass is 9.96. The maximum atomic E-state index is 11.3. The Morgan fingerprint density at radius 3 is 2.73 bits per heavy atom. The second-order valence-corrected chi connectivity index (χ2v) is 4.35.